The molecular weight excluding hydrogens is 376 g/mol. The van der Waals surface area contributed by atoms with Crippen molar-refractivity contribution >= 4 is 29.2 Å². The number of imide groups is 1. The largest absolute Gasteiger partial charge is 0.459 e. The van der Waals surface area contributed by atoms with Crippen LogP contribution in [0.25, 0.3) is 0 Å². The maximum absolute atomic E-state index is 12.8. The molecule has 1 aliphatic heterocycles. The molecule has 0 saturated heterocycles. The highest BCUT2D eigenvalue weighted by molar-refractivity contribution is 6.34. The van der Waals surface area contributed by atoms with E-state index in [1.807, 2.05) is 0 Å². The Morgan fingerprint density at radius 3 is 2.28 bits per heavy atom. The first-order chi connectivity index (χ1) is 14.0. The molecule has 1 aliphatic carbocycles. The normalized spacial score (nSPS) is 16.6. The molecule has 8 nitrogen and oxygen atoms in total. The number of carbonyl (C=O) groups excluding carboxylic acids is 3. The van der Waals surface area contributed by atoms with Crippen LogP contribution in [0.2, 0.25) is 0 Å². The van der Waals surface area contributed by atoms with Gasteiger partial charge in [0.1, 0.15) is 6.10 Å². The summed E-state index contributed by atoms with van der Waals surface area (Å²) in [6.45, 7) is 0. The number of non-ortho nitro benzene ring substituents is 1. The number of esters is 1. The number of carbonyl (C=O) groups is 3. The van der Waals surface area contributed by atoms with Gasteiger partial charge in [0.15, 0.2) is 0 Å². The number of hydrogen-bond acceptors (Lipinski definition) is 6. The van der Waals surface area contributed by atoms with Crippen molar-refractivity contribution in [1.29, 1.82) is 0 Å². The standard InChI is InChI=1S/C21H18N2O6/c24-19-17-11-6-13(21(26)29-16-4-2-1-3-5-16)12-18(17)20(25)22(19)14-7-9-15(10-8-14)23(27)28/h6-12,16H,1-5H2. The van der Waals surface area contributed by atoms with Gasteiger partial charge in [0.25, 0.3) is 17.5 Å². The van der Waals surface area contributed by atoms with Gasteiger partial charge in [0.05, 0.1) is 27.3 Å². The van der Waals surface area contributed by atoms with Crippen molar-refractivity contribution in [3.8, 4) is 0 Å². The fourth-order valence-electron chi connectivity index (χ4n) is 3.73. The van der Waals surface area contributed by atoms with Gasteiger partial charge in [0, 0.05) is 12.1 Å². The molecule has 2 aliphatic rings. The van der Waals surface area contributed by atoms with Gasteiger partial charge in [-0.1, -0.05) is 6.42 Å². The molecule has 1 heterocycles. The molecule has 2 aromatic carbocycles. The number of nitrogens with zero attached hydrogens (tertiary/aromatic N) is 2. The lowest BCUT2D eigenvalue weighted by molar-refractivity contribution is -0.384. The summed E-state index contributed by atoms with van der Waals surface area (Å²) in [4.78, 5) is 49.1. The van der Waals surface area contributed by atoms with Gasteiger partial charge in [-0.15, -0.1) is 0 Å². The van der Waals surface area contributed by atoms with E-state index in [9.17, 15) is 24.5 Å². The maximum atomic E-state index is 12.8. The van der Waals surface area contributed by atoms with Crippen molar-refractivity contribution in [3.05, 3.63) is 69.3 Å². The zero-order valence-electron chi connectivity index (χ0n) is 15.5. The van der Waals surface area contributed by atoms with Gasteiger partial charge in [-0.05, 0) is 56.0 Å². The molecule has 0 bridgehead atoms. The van der Waals surface area contributed by atoms with E-state index in [0.717, 1.165) is 37.0 Å². The van der Waals surface area contributed by atoms with Gasteiger partial charge >= 0.3 is 5.97 Å². The van der Waals surface area contributed by atoms with E-state index in [1.165, 1.54) is 42.5 Å². The average molecular weight is 394 g/mol. The van der Waals surface area contributed by atoms with Gasteiger partial charge in [-0.2, -0.15) is 0 Å². The Kier molecular flexibility index (Phi) is 4.84. The van der Waals surface area contributed by atoms with Gasteiger partial charge in [-0.3, -0.25) is 19.7 Å². The van der Waals surface area contributed by atoms with Crippen LogP contribution >= 0.6 is 0 Å². The third-order valence-electron chi connectivity index (χ3n) is 5.27. The second-order valence-corrected chi connectivity index (χ2v) is 7.14. The summed E-state index contributed by atoms with van der Waals surface area (Å²) in [7, 11) is 0. The molecule has 0 aromatic heterocycles. The predicted molar refractivity (Wildman–Crippen MR) is 103 cm³/mol. The van der Waals surface area contributed by atoms with Crippen molar-refractivity contribution < 1.29 is 24.0 Å². The Morgan fingerprint density at radius 2 is 1.62 bits per heavy atom. The molecule has 0 atom stereocenters. The predicted octanol–water partition coefficient (Wildman–Crippen LogP) is 3.88. The third-order valence-corrected chi connectivity index (χ3v) is 5.27. The lowest BCUT2D eigenvalue weighted by Crippen LogP contribution is -2.29. The van der Waals surface area contributed by atoms with Crippen molar-refractivity contribution in [2.24, 2.45) is 0 Å². The van der Waals surface area contributed by atoms with Crippen LogP contribution in [0, 0.1) is 10.1 Å². The smallest absolute Gasteiger partial charge is 0.338 e. The minimum atomic E-state index is -0.578. The second kappa shape index (κ2) is 7.46. The van der Waals surface area contributed by atoms with E-state index in [2.05, 4.69) is 0 Å². The van der Waals surface area contributed by atoms with E-state index < -0.39 is 22.7 Å². The first-order valence-electron chi connectivity index (χ1n) is 9.44. The highest BCUT2D eigenvalue weighted by atomic mass is 16.6. The number of anilines is 1. The van der Waals surface area contributed by atoms with Crippen LogP contribution < -0.4 is 4.90 Å². The molecule has 148 valence electrons. The quantitative estimate of drug-likeness (QED) is 0.337. The Labute approximate surface area is 166 Å². The molecule has 4 rings (SSSR count). The molecule has 2 amide bonds. The van der Waals surface area contributed by atoms with Crippen LogP contribution in [0.3, 0.4) is 0 Å². The molecule has 8 heteroatoms. The Morgan fingerprint density at radius 1 is 0.966 bits per heavy atom. The number of nitro groups is 1. The first kappa shape index (κ1) is 18.8. The van der Waals surface area contributed by atoms with Gasteiger partial charge in [-0.25, -0.2) is 9.69 Å². The Hall–Kier alpha value is -3.55. The summed E-state index contributed by atoms with van der Waals surface area (Å²) in [5.74, 6) is -1.62. The fourth-order valence-corrected chi connectivity index (χ4v) is 3.73. The second-order valence-electron chi connectivity index (χ2n) is 7.14. The summed E-state index contributed by atoms with van der Waals surface area (Å²) >= 11 is 0. The zero-order chi connectivity index (χ0) is 20.5. The maximum Gasteiger partial charge on any atom is 0.338 e. The fraction of sp³-hybridized carbons (Fsp3) is 0.286. The Bertz CT molecular complexity index is 1010. The minimum Gasteiger partial charge on any atom is -0.459 e. The van der Waals surface area contributed by atoms with E-state index in [-0.39, 0.29) is 34.2 Å². The molecule has 1 saturated carbocycles. The van der Waals surface area contributed by atoms with Crippen molar-refractivity contribution in [2.75, 3.05) is 4.90 Å². The molecule has 0 radical (unpaired) electrons. The Balaban J connectivity index is 1.57. The number of benzene rings is 2. The van der Waals surface area contributed by atoms with Gasteiger partial charge in [0.2, 0.25) is 0 Å². The van der Waals surface area contributed by atoms with Crippen LogP contribution in [-0.2, 0) is 4.74 Å². The van der Waals surface area contributed by atoms with Crippen molar-refractivity contribution in [2.45, 2.75) is 38.2 Å². The number of ether oxygens (including phenoxy) is 1. The highest BCUT2D eigenvalue weighted by Gasteiger charge is 2.37. The molecule has 29 heavy (non-hydrogen) atoms. The number of fused-ring (bicyclic) bond motifs is 1. The topological polar surface area (TPSA) is 107 Å². The summed E-state index contributed by atoms with van der Waals surface area (Å²) in [5.41, 5.74) is 0.612. The number of rotatable bonds is 4. The van der Waals surface area contributed by atoms with Crippen LogP contribution in [0.1, 0.15) is 63.2 Å². The van der Waals surface area contributed by atoms with Crippen LogP contribution in [0.15, 0.2) is 42.5 Å². The number of nitro benzene ring substituents is 1. The van der Waals surface area contributed by atoms with Crippen molar-refractivity contribution in [3.63, 3.8) is 0 Å². The lowest BCUT2D eigenvalue weighted by Gasteiger charge is -2.21. The summed E-state index contributed by atoms with van der Waals surface area (Å²) in [5, 5.41) is 10.8. The minimum absolute atomic E-state index is 0.113. The number of hydrogen-bond donors (Lipinski definition) is 0. The lowest BCUT2D eigenvalue weighted by atomic mass is 9.97. The molecule has 0 unspecified atom stereocenters. The van der Waals surface area contributed by atoms with Crippen LogP contribution in [0.5, 0.6) is 0 Å². The van der Waals surface area contributed by atoms with E-state index in [4.69, 9.17) is 4.74 Å². The summed E-state index contributed by atoms with van der Waals surface area (Å²) in [6, 6.07) is 9.45. The van der Waals surface area contributed by atoms with Crippen LogP contribution in [-0.4, -0.2) is 28.8 Å². The molecular formula is C21H18N2O6. The molecule has 1 fully saturated rings. The van der Waals surface area contributed by atoms with E-state index in [1.54, 1.807) is 0 Å². The molecule has 0 spiro atoms. The average Bonchev–Trinajstić information content (AvgIpc) is 2.98. The summed E-state index contributed by atoms with van der Waals surface area (Å²) < 4.78 is 5.53. The van der Waals surface area contributed by atoms with Gasteiger partial charge < -0.3 is 4.74 Å². The zero-order valence-corrected chi connectivity index (χ0v) is 15.5. The molecule has 0 N–H and O–H groups in total. The van der Waals surface area contributed by atoms with Crippen LogP contribution in [0.4, 0.5) is 11.4 Å². The number of amides is 2. The third kappa shape index (κ3) is 3.49. The van der Waals surface area contributed by atoms with E-state index >= 15 is 0 Å². The SMILES string of the molecule is O=C(OC1CCCCC1)c1ccc2c(c1)C(=O)N(c1ccc([N+](=O)[O-])cc1)C2=O. The first-order valence-corrected chi connectivity index (χ1v) is 9.44. The molecule has 2 aromatic rings. The summed E-state index contributed by atoms with van der Waals surface area (Å²) in [6.07, 6.45) is 4.75. The monoisotopic (exact) mass is 394 g/mol. The highest BCUT2D eigenvalue weighted by Crippen LogP contribution is 2.30. The van der Waals surface area contributed by atoms with Crippen molar-refractivity contribution in [1.82, 2.24) is 0 Å². The van der Waals surface area contributed by atoms with E-state index in [0.29, 0.717) is 0 Å².